The van der Waals surface area contributed by atoms with Crippen molar-refractivity contribution in [3.05, 3.63) is 17.4 Å². The molecule has 1 atom stereocenters. The molecule has 108 valence electrons. The first kappa shape index (κ1) is 15.9. The van der Waals surface area contributed by atoms with E-state index in [4.69, 9.17) is 11.6 Å². The molecule has 0 fully saturated rings. The molecule has 0 aliphatic carbocycles. The number of rotatable bonds is 6. The van der Waals surface area contributed by atoms with Crippen molar-refractivity contribution in [1.29, 1.82) is 0 Å². The largest absolute Gasteiger partial charge is 0.353 e. The molecule has 1 N–H and O–H groups in total. The number of aromatic nitrogens is 2. The normalized spacial score (nSPS) is 13.5. The lowest BCUT2D eigenvalue weighted by Crippen LogP contribution is -2.37. The highest BCUT2D eigenvalue weighted by atomic mass is 35.5. The van der Waals surface area contributed by atoms with Crippen molar-refractivity contribution in [2.24, 2.45) is 0 Å². The molecule has 0 unspecified atom stereocenters. The molecule has 0 aliphatic heterocycles. The van der Waals surface area contributed by atoms with Gasteiger partial charge in [-0.3, -0.25) is 9.48 Å². The molecule has 9 heteroatoms. The van der Waals surface area contributed by atoms with Gasteiger partial charge in [0.05, 0.1) is 17.0 Å². The summed E-state index contributed by atoms with van der Waals surface area (Å²) >= 11 is 5.71. The summed E-state index contributed by atoms with van der Waals surface area (Å²) in [5.41, 5.74) is 0. The van der Waals surface area contributed by atoms with Gasteiger partial charge in [0, 0.05) is 26.8 Å². The van der Waals surface area contributed by atoms with E-state index in [1.165, 1.54) is 31.2 Å². The predicted octanol–water partition coefficient (Wildman–Crippen LogP) is 0.105. The highest BCUT2D eigenvalue weighted by Gasteiger charge is 2.18. The van der Waals surface area contributed by atoms with E-state index >= 15 is 0 Å². The Labute approximate surface area is 117 Å². The van der Waals surface area contributed by atoms with Gasteiger partial charge in [-0.2, -0.15) is 5.10 Å². The fourth-order valence-corrected chi connectivity index (χ4v) is 2.15. The molecule has 1 amide bonds. The van der Waals surface area contributed by atoms with Crippen LogP contribution in [0.2, 0.25) is 5.02 Å². The van der Waals surface area contributed by atoms with Gasteiger partial charge in [-0.05, 0) is 6.92 Å². The highest BCUT2D eigenvalue weighted by molar-refractivity contribution is 7.89. The summed E-state index contributed by atoms with van der Waals surface area (Å²) in [5, 5.41) is 6.91. The molecule has 0 bridgehead atoms. The summed E-state index contributed by atoms with van der Waals surface area (Å²) in [7, 11) is -0.405. The average molecular weight is 309 g/mol. The summed E-state index contributed by atoms with van der Waals surface area (Å²) in [6, 6.07) is -0.547. The van der Waals surface area contributed by atoms with Crippen molar-refractivity contribution < 1.29 is 13.2 Å². The van der Waals surface area contributed by atoms with Gasteiger partial charge >= 0.3 is 0 Å². The fourth-order valence-electron chi connectivity index (χ4n) is 1.28. The molecule has 1 aromatic rings. The summed E-state index contributed by atoms with van der Waals surface area (Å²) in [4.78, 5) is 11.8. The SMILES string of the molecule is C[C@@H](C(=O)NCCS(=O)(=O)N(C)C)n1cc(Cl)cn1. The maximum absolute atomic E-state index is 11.8. The van der Waals surface area contributed by atoms with Crippen LogP contribution in [0.5, 0.6) is 0 Å². The average Bonchev–Trinajstić information content (AvgIpc) is 2.74. The van der Waals surface area contributed by atoms with Crippen molar-refractivity contribution in [2.75, 3.05) is 26.4 Å². The van der Waals surface area contributed by atoms with E-state index in [1.807, 2.05) is 0 Å². The van der Waals surface area contributed by atoms with Crippen LogP contribution in [-0.2, 0) is 14.8 Å². The molecule has 0 spiro atoms. The Morgan fingerprint density at radius 2 is 2.21 bits per heavy atom. The molecule has 0 saturated heterocycles. The lowest BCUT2D eigenvalue weighted by atomic mass is 10.3. The first-order valence-electron chi connectivity index (χ1n) is 5.61. The first-order chi connectivity index (χ1) is 8.74. The van der Waals surface area contributed by atoms with Crippen LogP contribution in [0.1, 0.15) is 13.0 Å². The zero-order valence-corrected chi connectivity index (χ0v) is 12.6. The minimum absolute atomic E-state index is 0.0543. The number of carbonyl (C=O) groups is 1. The Morgan fingerprint density at radius 3 is 2.68 bits per heavy atom. The quantitative estimate of drug-likeness (QED) is 0.808. The van der Waals surface area contributed by atoms with E-state index in [0.29, 0.717) is 5.02 Å². The molecule has 1 aromatic heterocycles. The number of sulfonamides is 1. The van der Waals surface area contributed by atoms with Gasteiger partial charge in [-0.15, -0.1) is 0 Å². The van der Waals surface area contributed by atoms with Gasteiger partial charge in [0.15, 0.2) is 0 Å². The molecule has 0 saturated carbocycles. The summed E-state index contributed by atoms with van der Waals surface area (Å²) in [5.74, 6) is -0.452. The highest BCUT2D eigenvalue weighted by Crippen LogP contribution is 2.10. The maximum atomic E-state index is 11.8. The summed E-state index contributed by atoms with van der Waals surface area (Å²) in [6.45, 7) is 1.71. The topological polar surface area (TPSA) is 84.3 Å². The molecule has 19 heavy (non-hydrogen) atoms. The van der Waals surface area contributed by atoms with Crippen LogP contribution in [0.4, 0.5) is 0 Å². The molecule has 0 aromatic carbocycles. The molecule has 0 aliphatic rings. The van der Waals surface area contributed by atoms with Crippen molar-refractivity contribution in [3.8, 4) is 0 Å². The smallest absolute Gasteiger partial charge is 0.244 e. The lowest BCUT2D eigenvalue weighted by molar-refractivity contribution is -0.124. The molecule has 0 radical (unpaired) electrons. The number of nitrogens with one attached hydrogen (secondary N) is 1. The molecule has 1 heterocycles. The first-order valence-corrected chi connectivity index (χ1v) is 7.60. The predicted molar refractivity (Wildman–Crippen MR) is 72.4 cm³/mol. The van der Waals surface area contributed by atoms with Gasteiger partial charge in [0.25, 0.3) is 0 Å². The summed E-state index contributed by atoms with van der Waals surface area (Å²) in [6.07, 6.45) is 2.96. The van der Waals surface area contributed by atoms with Crippen molar-refractivity contribution in [2.45, 2.75) is 13.0 Å². The van der Waals surface area contributed by atoms with Crippen LogP contribution >= 0.6 is 11.6 Å². The number of carbonyl (C=O) groups excluding carboxylic acids is 1. The standard InChI is InChI=1S/C10H17ClN4O3S/c1-8(15-7-9(11)6-13-15)10(16)12-4-5-19(17,18)14(2)3/h6-8H,4-5H2,1-3H3,(H,12,16)/t8-/m0/s1. The van der Waals surface area contributed by atoms with Crippen LogP contribution in [0.3, 0.4) is 0 Å². The zero-order chi connectivity index (χ0) is 14.6. The van der Waals surface area contributed by atoms with Crippen molar-refractivity contribution >= 4 is 27.5 Å². The second-order valence-corrected chi connectivity index (χ2v) is 6.94. The van der Waals surface area contributed by atoms with Gasteiger partial charge in [0.2, 0.25) is 15.9 Å². The van der Waals surface area contributed by atoms with Gasteiger partial charge in [-0.25, -0.2) is 12.7 Å². The number of amides is 1. The van der Waals surface area contributed by atoms with Crippen molar-refractivity contribution in [1.82, 2.24) is 19.4 Å². The molecular weight excluding hydrogens is 292 g/mol. The van der Waals surface area contributed by atoms with Crippen molar-refractivity contribution in [3.63, 3.8) is 0 Å². The van der Waals surface area contributed by atoms with Crippen LogP contribution in [0.15, 0.2) is 12.4 Å². The maximum Gasteiger partial charge on any atom is 0.244 e. The van der Waals surface area contributed by atoms with Crippen LogP contribution in [0.25, 0.3) is 0 Å². The van der Waals surface area contributed by atoms with Gasteiger partial charge < -0.3 is 5.32 Å². The second kappa shape index (κ2) is 6.36. The Kier molecular flexibility index (Phi) is 5.33. The van der Waals surface area contributed by atoms with E-state index in [1.54, 1.807) is 6.92 Å². The third-order valence-electron chi connectivity index (χ3n) is 2.56. The van der Waals surface area contributed by atoms with E-state index < -0.39 is 16.1 Å². The number of halogens is 1. The van der Waals surface area contributed by atoms with Gasteiger partial charge in [0.1, 0.15) is 6.04 Å². The minimum atomic E-state index is -3.31. The van der Waals surface area contributed by atoms with Crippen LogP contribution in [0, 0.1) is 0 Å². The zero-order valence-electron chi connectivity index (χ0n) is 11.0. The Hall–Kier alpha value is -1.12. The Morgan fingerprint density at radius 1 is 1.58 bits per heavy atom. The Bertz CT molecular complexity index is 541. The lowest BCUT2D eigenvalue weighted by Gasteiger charge is -2.14. The van der Waals surface area contributed by atoms with E-state index in [0.717, 1.165) is 4.31 Å². The monoisotopic (exact) mass is 308 g/mol. The third kappa shape index (κ3) is 4.48. The van der Waals surface area contributed by atoms with Gasteiger partial charge in [-0.1, -0.05) is 11.6 Å². The number of hydrogen-bond donors (Lipinski definition) is 1. The molecule has 1 rings (SSSR count). The van der Waals surface area contributed by atoms with Crippen LogP contribution < -0.4 is 5.32 Å². The van der Waals surface area contributed by atoms with E-state index in [9.17, 15) is 13.2 Å². The molecular formula is C10H17ClN4O3S. The molecule has 7 nitrogen and oxygen atoms in total. The Balaban J connectivity index is 2.48. The number of nitrogens with zero attached hydrogens (tertiary/aromatic N) is 3. The second-order valence-electron chi connectivity index (χ2n) is 4.20. The fraction of sp³-hybridized carbons (Fsp3) is 0.600. The van der Waals surface area contributed by atoms with E-state index in [-0.39, 0.29) is 18.2 Å². The van der Waals surface area contributed by atoms with Crippen LogP contribution in [-0.4, -0.2) is 54.8 Å². The third-order valence-corrected chi connectivity index (χ3v) is 4.59. The minimum Gasteiger partial charge on any atom is -0.353 e. The number of hydrogen-bond acceptors (Lipinski definition) is 4. The summed E-state index contributed by atoms with van der Waals surface area (Å²) < 4.78 is 25.5. The van der Waals surface area contributed by atoms with E-state index in [2.05, 4.69) is 10.4 Å².